The Labute approximate surface area is 147 Å². The highest BCUT2D eigenvalue weighted by Gasteiger charge is 2.20. The lowest BCUT2D eigenvalue weighted by Crippen LogP contribution is -2.50. The molecule has 2 aromatic rings. The van der Waals surface area contributed by atoms with Crippen LogP contribution < -0.4 is 10.2 Å². The molecule has 2 aromatic heterocycles. The van der Waals surface area contributed by atoms with Crippen LogP contribution in [0, 0.1) is 6.92 Å². The van der Waals surface area contributed by atoms with Gasteiger partial charge in [-0.1, -0.05) is 0 Å². The molecule has 1 N–H and O–H groups in total. The van der Waals surface area contributed by atoms with Crippen molar-refractivity contribution >= 4 is 11.9 Å². The van der Waals surface area contributed by atoms with Crippen molar-refractivity contribution in [1.29, 1.82) is 0 Å². The molecule has 1 aliphatic rings. The number of carbonyl (C=O) groups is 1. The number of nitrogens with one attached hydrogen (secondary N) is 1. The van der Waals surface area contributed by atoms with Crippen LogP contribution in [0.25, 0.3) is 0 Å². The molecule has 0 radical (unpaired) electrons. The number of nitrogens with zero attached hydrogens (tertiary/aromatic N) is 6. The standard InChI is InChI=1S/C17H25N7O/c1-14-10-21-24(12-14)15(2)11-20-16(25)13-22-6-8-23(9-7-22)17-18-4-3-5-19-17/h3-5,10,12,15H,6-9,11,13H2,1-2H3,(H,20,25)/t15-/m0/s1. The van der Waals surface area contributed by atoms with Crippen molar-refractivity contribution in [2.45, 2.75) is 19.9 Å². The van der Waals surface area contributed by atoms with E-state index < -0.39 is 0 Å². The van der Waals surface area contributed by atoms with E-state index in [9.17, 15) is 4.79 Å². The van der Waals surface area contributed by atoms with Crippen LogP contribution in [0.1, 0.15) is 18.5 Å². The van der Waals surface area contributed by atoms with Gasteiger partial charge in [-0.05, 0) is 25.5 Å². The number of aryl methyl sites for hydroxylation is 1. The average Bonchev–Trinajstić information content (AvgIpc) is 3.08. The lowest BCUT2D eigenvalue weighted by Gasteiger charge is -2.34. The summed E-state index contributed by atoms with van der Waals surface area (Å²) in [6, 6.07) is 1.96. The quantitative estimate of drug-likeness (QED) is 0.822. The SMILES string of the molecule is Cc1cnn([C@@H](C)CNC(=O)CN2CCN(c3ncccn3)CC2)c1. The smallest absolute Gasteiger partial charge is 0.234 e. The van der Waals surface area contributed by atoms with Crippen molar-refractivity contribution < 1.29 is 4.79 Å². The minimum Gasteiger partial charge on any atom is -0.353 e. The lowest BCUT2D eigenvalue weighted by atomic mass is 10.3. The van der Waals surface area contributed by atoms with E-state index >= 15 is 0 Å². The summed E-state index contributed by atoms with van der Waals surface area (Å²) in [7, 11) is 0. The van der Waals surface area contributed by atoms with Gasteiger partial charge in [-0.15, -0.1) is 0 Å². The summed E-state index contributed by atoms with van der Waals surface area (Å²) < 4.78 is 1.88. The highest BCUT2D eigenvalue weighted by molar-refractivity contribution is 5.78. The molecule has 1 amide bonds. The molecule has 0 aromatic carbocycles. The number of amides is 1. The van der Waals surface area contributed by atoms with Crippen molar-refractivity contribution in [3.8, 4) is 0 Å². The van der Waals surface area contributed by atoms with Crippen molar-refractivity contribution in [3.63, 3.8) is 0 Å². The molecule has 8 heteroatoms. The first-order chi connectivity index (χ1) is 12.1. The van der Waals surface area contributed by atoms with E-state index in [1.807, 2.05) is 37.0 Å². The van der Waals surface area contributed by atoms with E-state index in [-0.39, 0.29) is 11.9 Å². The van der Waals surface area contributed by atoms with Crippen LogP contribution in [0.5, 0.6) is 0 Å². The van der Waals surface area contributed by atoms with Crippen LogP contribution in [0.4, 0.5) is 5.95 Å². The van der Waals surface area contributed by atoms with E-state index in [0.717, 1.165) is 37.7 Å². The Morgan fingerprint density at radius 1 is 1.24 bits per heavy atom. The van der Waals surface area contributed by atoms with Crippen LogP contribution in [-0.2, 0) is 4.79 Å². The molecule has 0 aliphatic carbocycles. The molecular formula is C17H25N7O. The van der Waals surface area contributed by atoms with Gasteiger partial charge >= 0.3 is 0 Å². The van der Waals surface area contributed by atoms with Gasteiger partial charge < -0.3 is 10.2 Å². The second-order valence-corrected chi connectivity index (χ2v) is 6.46. The average molecular weight is 343 g/mol. The third-order valence-corrected chi connectivity index (χ3v) is 4.35. The largest absolute Gasteiger partial charge is 0.353 e. The summed E-state index contributed by atoms with van der Waals surface area (Å²) in [6.45, 7) is 8.39. The summed E-state index contributed by atoms with van der Waals surface area (Å²) in [5, 5.41) is 7.28. The molecule has 3 rings (SSSR count). The lowest BCUT2D eigenvalue weighted by molar-refractivity contribution is -0.122. The topological polar surface area (TPSA) is 79.2 Å². The number of hydrogen-bond donors (Lipinski definition) is 1. The van der Waals surface area contributed by atoms with E-state index in [1.54, 1.807) is 12.4 Å². The Kier molecular flexibility index (Phi) is 5.60. The molecule has 1 fully saturated rings. The second kappa shape index (κ2) is 8.06. The summed E-state index contributed by atoms with van der Waals surface area (Å²) in [6.07, 6.45) is 7.32. The Balaban J connectivity index is 1.39. The molecular weight excluding hydrogens is 318 g/mol. The maximum absolute atomic E-state index is 12.2. The number of piperazine rings is 1. The number of rotatable bonds is 6. The summed E-state index contributed by atoms with van der Waals surface area (Å²) in [5.74, 6) is 0.815. The fraction of sp³-hybridized carbons (Fsp3) is 0.529. The summed E-state index contributed by atoms with van der Waals surface area (Å²) in [4.78, 5) is 25.0. The maximum atomic E-state index is 12.2. The van der Waals surface area contributed by atoms with E-state index in [2.05, 4.69) is 30.2 Å². The fourth-order valence-corrected chi connectivity index (χ4v) is 2.85. The summed E-state index contributed by atoms with van der Waals surface area (Å²) in [5.41, 5.74) is 1.12. The third-order valence-electron chi connectivity index (χ3n) is 4.35. The third kappa shape index (κ3) is 4.76. The van der Waals surface area contributed by atoms with Gasteiger partial charge in [0.25, 0.3) is 0 Å². The molecule has 8 nitrogen and oxygen atoms in total. The Bertz CT molecular complexity index is 679. The molecule has 1 aliphatic heterocycles. The Morgan fingerprint density at radius 3 is 2.60 bits per heavy atom. The first-order valence-electron chi connectivity index (χ1n) is 8.63. The molecule has 134 valence electrons. The molecule has 1 atom stereocenters. The van der Waals surface area contributed by atoms with Gasteiger partial charge in [0.2, 0.25) is 11.9 Å². The van der Waals surface area contributed by atoms with Crippen LogP contribution in [0.3, 0.4) is 0 Å². The van der Waals surface area contributed by atoms with Gasteiger partial charge in [-0.25, -0.2) is 9.97 Å². The fourth-order valence-electron chi connectivity index (χ4n) is 2.85. The summed E-state index contributed by atoms with van der Waals surface area (Å²) >= 11 is 0. The van der Waals surface area contributed by atoms with Crippen LogP contribution >= 0.6 is 0 Å². The molecule has 0 bridgehead atoms. The maximum Gasteiger partial charge on any atom is 0.234 e. The first-order valence-corrected chi connectivity index (χ1v) is 8.63. The normalized spacial score (nSPS) is 16.6. The zero-order valence-corrected chi connectivity index (χ0v) is 14.8. The molecule has 0 spiro atoms. The Morgan fingerprint density at radius 2 is 1.96 bits per heavy atom. The minimum atomic E-state index is 0.0557. The van der Waals surface area contributed by atoms with Gasteiger partial charge in [-0.3, -0.25) is 14.4 Å². The van der Waals surface area contributed by atoms with E-state index in [0.29, 0.717) is 13.1 Å². The highest BCUT2D eigenvalue weighted by Crippen LogP contribution is 2.09. The van der Waals surface area contributed by atoms with Crippen LogP contribution in [0.15, 0.2) is 30.9 Å². The zero-order valence-electron chi connectivity index (χ0n) is 14.8. The van der Waals surface area contributed by atoms with Gasteiger partial charge in [0.05, 0.1) is 18.8 Å². The highest BCUT2D eigenvalue weighted by atomic mass is 16.2. The van der Waals surface area contributed by atoms with Gasteiger partial charge in [0.1, 0.15) is 0 Å². The molecule has 1 saturated heterocycles. The second-order valence-electron chi connectivity index (χ2n) is 6.46. The number of hydrogen-bond acceptors (Lipinski definition) is 6. The zero-order chi connectivity index (χ0) is 17.6. The number of anilines is 1. The van der Waals surface area contributed by atoms with Gasteiger partial charge in [-0.2, -0.15) is 5.10 Å². The molecule has 0 saturated carbocycles. The minimum absolute atomic E-state index is 0.0557. The van der Waals surface area contributed by atoms with Crippen molar-refractivity contribution in [2.24, 2.45) is 0 Å². The first kappa shape index (κ1) is 17.3. The monoisotopic (exact) mass is 343 g/mol. The van der Waals surface area contributed by atoms with E-state index in [4.69, 9.17) is 0 Å². The van der Waals surface area contributed by atoms with Crippen molar-refractivity contribution in [3.05, 3.63) is 36.4 Å². The van der Waals surface area contributed by atoms with Gasteiger partial charge in [0, 0.05) is 51.3 Å². The predicted octanol–water partition coefficient (Wildman–Crippen LogP) is 0.481. The van der Waals surface area contributed by atoms with E-state index in [1.165, 1.54) is 0 Å². The molecule has 25 heavy (non-hydrogen) atoms. The van der Waals surface area contributed by atoms with Crippen LogP contribution in [0.2, 0.25) is 0 Å². The molecule has 3 heterocycles. The predicted molar refractivity (Wildman–Crippen MR) is 95.4 cm³/mol. The number of carbonyl (C=O) groups excluding carboxylic acids is 1. The Hall–Kier alpha value is -2.48. The van der Waals surface area contributed by atoms with Crippen molar-refractivity contribution in [2.75, 3.05) is 44.2 Å². The van der Waals surface area contributed by atoms with Gasteiger partial charge in [0.15, 0.2) is 0 Å². The number of aromatic nitrogens is 4. The molecule has 0 unspecified atom stereocenters. The van der Waals surface area contributed by atoms with Crippen LogP contribution in [-0.4, -0.2) is 69.8 Å². The van der Waals surface area contributed by atoms with Crippen molar-refractivity contribution in [1.82, 2.24) is 30.0 Å².